The number of carbonyl (C=O) groups excluding carboxylic acids is 1. The normalized spacial score (nSPS) is 10.3. The average Bonchev–Trinajstić information content (AvgIpc) is 2.97. The summed E-state index contributed by atoms with van der Waals surface area (Å²) in [5, 5.41) is 10.5. The van der Waals surface area contributed by atoms with Gasteiger partial charge in [0.05, 0.1) is 10.6 Å². The summed E-state index contributed by atoms with van der Waals surface area (Å²) >= 11 is 5.95. The lowest BCUT2D eigenvalue weighted by molar-refractivity contribution is 0.102. The molecule has 6 nitrogen and oxygen atoms in total. The molecule has 0 aliphatic heterocycles. The summed E-state index contributed by atoms with van der Waals surface area (Å²) in [6, 6.07) is 10.2. The fraction of sp³-hybridized carbons (Fsp3) is 0. The molecule has 0 fully saturated rings. The Kier molecular flexibility index (Phi) is 3.61. The maximum Gasteiger partial charge on any atom is 0.322 e. The highest BCUT2D eigenvalue weighted by molar-refractivity contribution is 6.34. The molecular formula is C14H9ClN4O2. The van der Waals surface area contributed by atoms with E-state index in [4.69, 9.17) is 16.0 Å². The van der Waals surface area contributed by atoms with Gasteiger partial charge >= 0.3 is 6.01 Å². The lowest BCUT2D eigenvalue weighted by Crippen LogP contribution is -2.12. The van der Waals surface area contributed by atoms with Crippen LogP contribution in [0.3, 0.4) is 0 Å². The standard InChI is InChI=1S/C14H9ClN4O2/c15-11-4-2-1-3-10(11)12(20)17-14-19-18-13(21-14)9-5-7-16-8-6-9/h1-8H,(H,17,19,20). The van der Waals surface area contributed by atoms with Crippen molar-refractivity contribution < 1.29 is 9.21 Å². The van der Waals surface area contributed by atoms with E-state index in [1.54, 1.807) is 48.8 Å². The topological polar surface area (TPSA) is 80.9 Å². The van der Waals surface area contributed by atoms with Crippen molar-refractivity contribution in [2.45, 2.75) is 0 Å². The number of carbonyl (C=O) groups is 1. The van der Waals surface area contributed by atoms with Crippen LogP contribution in [0.4, 0.5) is 6.01 Å². The number of benzene rings is 1. The molecule has 2 heterocycles. The van der Waals surface area contributed by atoms with E-state index in [-0.39, 0.29) is 6.01 Å². The van der Waals surface area contributed by atoms with E-state index < -0.39 is 5.91 Å². The Hall–Kier alpha value is -2.73. The van der Waals surface area contributed by atoms with Gasteiger partial charge in [-0.25, -0.2) is 0 Å². The summed E-state index contributed by atoms with van der Waals surface area (Å²) in [7, 11) is 0. The van der Waals surface area contributed by atoms with Gasteiger partial charge in [0.2, 0.25) is 5.89 Å². The molecule has 104 valence electrons. The molecule has 2 aromatic heterocycles. The molecule has 1 N–H and O–H groups in total. The molecule has 3 aromatic rings. The largest absolute Gasteiger partial charge is 0.403 e. The molecule has 0 aliphatic rings. The summed E-state index contributed by atoms with van der Waals surface area (Å²) in [6.07, 6.45) is 3.23. The van der Waals surface area contributed by atoms with Crippen LogP contribution in [0.5, 0.6) is 0 Å². The Bertz CT molecular complexity index is 773. The van der Waals surface area contributed by atoms with Crippen molar-refractivity contribution in [2.24, 2.45) is 0 Å². The summed E-state index contributed by atoms with van der Waals surface area (Å²) in [5.41, 5.74) is 1.05. The quantitative estimate of drug-likeness (QED) is 0.804. The molecule has 0 saturated heterocycles. The summed E-state index contributed by atoms with van der Waals surface area (Å²) < 4.78 is 5.38. The Morgan fingerprint density at radius 1 is 1.10 bits per heavy atom. The van der Waals surface area contributed by atoms with E-state index >= 15 is 0 Å². The second kappa shape index (κ2) is 5.72. The SMILES string of the molecule is O=C(Nc1nnc(-c2ccncc2)o1)c1ccccc1Cl. The molecular weight excluding hydrogens is 292 g/mol. The van der Waals surface area contributed by atoms with Crippen molar-refractivity contribution in [1.82, 2.24) is 15.2 Å². The minimum absolute atomic E-state index is 0.00623. The second-order valence-corrected chi connectivity index (χ2v) is 4.49. The van der Waals surface area contributed by atoms with Crippen molar-refractivity contribution in [3.05, 3.63) is 59.4 Å². The number of rotatable bonds is 3. The van der Waals surface area contributed by atoms with E-state index in [9.17, 15) is 4.79 Å². The van der Waals surface area contributed by atoms with Gasteiger partial charge in [0.25, 0.3) is 5.91 Å². The van der Waals surface area contributed by atoms with Crippen molar-refractivity contribution >= 4 is 23.5 Å². The third-order valence-electron chi connectivity index (χ3n) is 2.69. The van der Waals surface area contributed by atoms with Crippen LogP contribution < -0.4 is 5.32 Å². The lowest BCUT2D eigenvalue weighted by Gasteiger charge is -2.02. The Morgan fingerprint density at radius 2 is 1.86 bits per heavy atom. The molecule has 0 saturated carbocycles. The van der Waals surface area contributed by atoms with Gasteiger partial charge in [-0.05, 0) is 24.3 Å². The maximum atomic E-state index is 12.0. The van der Waals surface area contributed by atoms with Gasteiger partial charge in [-0.2, -0.15) is 0 Å². The van der Waals surface area contributed by atoms with Gasteiger partial charge in [0.1, 0.15) is 0 Å². The predicted molar refractivity (Wildman–Crippen MR) is 76.9 cm³/mol. The lowest BCUT2D eigenvalue weighted by atomic mass is 10.2. The third kappa shape index (κ3) is 2.90. The highest BCUT2D eigenvalue weighted by atomic mass is 35.5. The number of halogens is 1. The molecule has 0 atom stereocenters. The van der Waals surface area contributed by atoms with Crippen LogP contribution in [0, 0.1) is 0 Å². The van der Waals surface area contributed by atoms with Crippen molar-refractivity contribution in [3.8, 4) is 11.5 Å². The van der Waals surface area contributed by atoms with Gasteiger partial charge in [-0.15, -0.1) is 5.10 Å². The number of nitrogens with one attached hydrogen (secondary N) is 1. The molecule has 0 aliphatic carbocycles. The molecule has 1 amide bonds. The minimum atomic E-state index is -0.412. The fourth-order valence-electron chi connectivity index (χ4n) is 1.69. The molecule has 0 unspecified atom stereocenters. The first kappa shape index (κ1) is 13.3. The van der Waals surface area contributed by atoms with Crippen molar-refractivity contribution in [2.75, 3.05) is 5.32 Å². The van der Waals surface area contributed by atoms with Crippen LogP contribution >= 0.6 is 11.6 Å². The highest BCUT2D eigenvalue weighted by Crippen LogP contribution is 2.20. The smallest absolute Gasteiger partial charge is 0.322 e. The number of hydrogen-bond donors (Lipinski definition) is 1. The first-order valence-electron chi connectivity index (χ1n) is 6.04. The van der Waals surface area contributed by atoms with Crippen LogP contribution in [0.15, 0.2) is 53.2 Å². The van der Waals surface area contributed by atoms with Gasteiger partial charge in [-0.3, -0.25) is 15.1 Å². The van der Waals surface area contributed by atoms with Crippen molar-refractivity contribution in [1.29, 1.82) is 0 Å². The first-order chi connectivity index (χ1) is 10.2. The maximum absolute atomic E-state index is 12.0. The zero-order valence-electron chi connectivity index (χ0n) is 10.7. The summed E-state index contributed by atoms with van der Waals surface area (Å²) in [4.78, 5) is 15.9. The second-order valence-electron chi connectivity index (χ2n) is 4.08. The Morgan fingerprint density at radius 3 is 2.62 bits per heavy atom. The van der Waals surface area contributed by atoms with Crippen LogP contribution in [0.25, 0.3) is 11.5 Å². The monoisotopic (exact) mass is 300 g/mol. The third-order valence-corrected chi connectivity index (χ3v) is 3.02. The van der Waals surface area contributed by atoms with E-state index in [0.29, 0.717) is 16.5 Å². The molecule has 7 heteroatoms. The van der Waals surface area contributed by atoms with Crippen LogP contribution in [0.1, 0.15) is 10.4 Å². The summed E-state index contributed by atoms with van der Waals surface area (Å²) in [5.74, 6) is -0.114. The van der Waals surface area contributed by atoms with Gasteiger partial charge in [-0.1, -0.05) is 28.8 Å². The number of nitrogens with zero attached hydrogens (tertiary/aromatic N) is 3. The number of anilines is 1. The number of aromatic nitrogens is 3. The molecule has 1 aromatic carbocycles. The number of hydrogen-bond acceptors (Lipinski definition) is 5. The highest BCUT2D eigenvalue weighted by Gasteiger charge is 2.14. The van der Waals surface area contributed by atoms with Crippen LogP contribution in [0.2, 0.25) is 5.02 Å². The van der Waals surface area contributed by atoms with Crippen molar-refractivity contribution in [3.63, 3.8) is 0 Å². The first-order valence-corrected chi connectivity index (χ1v) is 6.41. The zero-order chi connectivity index (χ0) is 14.7. The fourth-order valence-corrected chi connectivity index (χ4v) is 1.92. The molecule has 0 spiro atoms. The van der Waals surface area contributed by atoms with Crippen LogP contribution in [-0.2, 0) is 0 Å². The Balaban J connectivity index is 1.79. The van der Waals surface area contributed by atoms with E-state index in [0.717, 1.165) is 5.56 Å². The molecule has 3 rings (SSSR count). The minimum Gasteiger partial charge on any atom is -0.403 e. The number of pyridine rings is 1. The van der Waals surface area contributed by atoms with E-state index in [1.165, 1.54) is 0 Å². The van der Waals surface area contributed by atoms with Gasteiger partial charge in [0, 0.05) is 18.0 Å². The zero-order valence-corrected chi connectivity index (χ0v) is 11.4. The Labute approximate surface area is 124 Å². The van der Waals surface area contributed by atoms with Gasteiger partial charge in [0.15, 0.2) is 0 Å². The van der Waals surface area contributed by atoms with E-state index in [2.05, 4.69) is 20.5 Å². The molecule has 0 radical (unpaired) electrons. The number of amides is 1. The average molecular weight is 301 g/mol. The predicted octanol–water partition coefficient (Wildman–Crippen LogP) is 3.04. The molecule has 21 heavy (non-hydrogen) atoms. The van der Waals surface area contributed by atoms with Crippen LogP contribution in [-0.4, -0.2) is 21.1 Å². The van der Waals surface area contributed by atoms with Gasteiger partial charge < -0.3 is 4.42 Å². The summed E-state index contributed by atoms with van der Waals surface area (Å²) in [6.45, 7) is 0. The molecule has 0 bridgehead atoms. The van der Waals surface area contributed by atoms with E-state index in [1.807, 2.05) is 0 Å².